The van der Waals surface area contributed by atoms with Crippen LogP contribution in [0.5, 0.6) is 11.5 Å². The van der Waals surface area contributed by atoms with Crippen molar-refractivity contribution in [1.29, 1.82) is 0 Å². The van der Waals surface area contributed by atoms with Crippen molar-refractivity contribution in [3.8, 4) is 22.3 Å². The number of amides is 1. The van der Waals surface area contributed by atoms with Gasteiger partial charge in [-0.3, -0.25) is 4.79 Å². The van der Waals surface area contributed by atoms with Crippen molar-refractivity contribution in [1.82, 2.24) is 10.2 Å². The second-order valence-electron chi connectivity index (χ2n) is 4.80. The first kappa shape index (κ1) is 16.0. The van der Waals surface area contributed by atoms with Gasteiger partial charge in [0.2, 0.25) is 11.0 Å². The molecule has 3 aromatic rings. The minimum Gasteiger partial charge on any atom is -0.493 e. The zero-order valence-corrected chi connectivity index (χ0v) is 13.9. The summed E-state index contributed by atoms with van der Waals surface area (Å²) in [4.78, 5) is 12.2. The fourth-order valence-corrected chi connectivity index (χ4v) is 2.84. The summed E-state index contributed by atoms with van der Waals surface area (Å²) in [5.41, 5.74) is 0.806. The van der Waals surface area contributed by atoms with Crippen molar-refractivity contribution in [2.45, 2.75) is 6.42 Å². The molecular weight excluding hydrogens is 330 g/mol. The van der Waals surface area contributed by atoms with Crippen LogP contribution >= 0.6 is 11.3 Å². The van der Waals surface area contributed by atoms with Gasteiger partial charge in [0.05, 0.1) is 26.9 Å². The molecule has 0 unspecified atom stereocenters. The molecule has 24 heavy (non-hydrogen) atoms. The summed E-state index contributed by atoms with van der Waals surface area (Å²) in [6.45, 7) is 0. The van der Waals surface area contributed by atoms with Gasteiger partial charge < -0.3 is 19.2 Å². The van der Waals surface area contributed by atoms with E-state index in [0.717, 1.165) is 5.56 Å². The fraction of sp³-hybridized carbons (Fsp3) is 0.188. The standard InChI is InChI=1S/C16H15N3O4S/c1-21-11-6-5-10(8-13(11)22-2)9-14(20)17-16-19-18-15(24-16)12-4-3-7-23-12/h3-8H,9H2,1-2H3,(H,17,19,20). The monoisotopic (exact) mass is 345 g/mol. The summed E-state index contributed by atoms with van der Waals surface area (Å²) in [5.74, 6) is 1.63. The van der Waals surface area contributed by atoms with E-state index in [0.29, 0.717) is 27.4 Å². The van der Waals surface area contributed by atoms with E-state index in [-0.39, 0.29) is 12.3 Å². The van der Waals surface area contributed by atoms with Crippen LogP contribution in [0.3, 0.4) is 0 Å². The molecule has 1 amide bonds. The molecule has 124 valence electrons. The zero-order chi connectivity index (χ0) is 16.9. The highest BCUT2D eigenvalue weighted by atomic mass is 32.1. The summed E-state index contributed by atoms with van der Waals surface area (Å²) >= 11 is 1.25. The van der Waals surface area contributed by atoms with Gasteiger partial charge in [0.25, 0.3) is 0 Å². The van der Waals surface area contributed by atoms with Gasteiger partial charge in [-0.05, 0) is 29.8 Å². The van der Waals surface area contributed by atoms with Crippen LogP contribution in [0.4, 0.5) is 5.13 Å². The number of furan rings is 1. The summed E-state index contributed by atoms with van der Waals surface area (Å²) in [6, 6.07) is 8.91. The molecule has 1 N–H and O–H groups in total. The molecule has 3 rings (SSSR count). The molecule has 0 radical (unpaired) electrons. The third kappa shape index (κ3) is 3.54. The molecule has 0 fully saturated rings. The van der Waals surface area contributed by atoms with Crippen molar-refractivity contribution >= 4 is 22.4 Å². The maximum atomic E-state index is 12.2. The predicted octanol–water partition coefficient (Wildman–Crippen LogP) is 3.00. The second-order valence-corrected chi connectivity index (χ2v) is 5.78. The van der Waals surface area contributed by atoms with Gasteiger partial charge >= 0.3 is 0 Å². The van der Waals surface area contributed by atoms with E-state index in [4.69, 9.17) is 13.9 Å². The Labute approximate surface area is 142 Å². The Hall–Kier alpha value is -2.87. The number of anilines is 1. The molecule has 0 aliphatic rings. The third-order valence-corrected chi connectivity index (χ3v) is 4.07. The van der Waals surface area contributed by atoms with Crippen molar-refractivity contribution in [3.63, 3.8) is 0 Å². The molecule has 7 nitrogen and oxygen atoms in total. The first-order chi connectivity index (χ1) is 11.7. The van der Waals surface area contributed by atoms with Gasteiger partial charge in [0.15, 0.2) is 22.3 Å². The minimum absolute atomic E-state index is 0.190. The molecule has 2 heterocycles. The highest BCUT2D eigenvalue weighted by Gasteiger charge is 2.13. The molecule has 0 bridgehead atoms. The Morgan fingerprint density at radius 1 is 1.21 bits per heavy atom. The third-order valence-electron chi connectivity index (χ3n) is 3.22. The normalized spacial score (nSPS) is 10.4. The van der Waals surface area contributed by atoms with E-state index in [1.54, 1.807) is 44.7 Å². The Morgan fingerprint density at radius 2 is 2.04 bits per heavy atom. The number of hydrogen-bond acceptors (Lipinski definition) is 7. The minimum atomic E-state index is -0.190. The van der Waals surface area contributed by atoms with Crippen LogP contribution in [0.1, 0.15) is 5.56 Å². The predicted molar refractivity (Wildman–Crippen MR) is 89.5 cm³/mol. The van der Waals surface area contributed by atoms with Crippen LogP contribution in [0.15, 0.2) is 41.0 Å². The Bertz CT molecular complexity index is 830. The molecule has 2 aromatic heterocycles. The molecule has 0 aliphatic carbocycles. The summed E-state index contributed by atoms with van der Waals surface area (Å²) in [5, 5.41) is 11.7. The maximum Gasteiger partial charge on any atom is 0.230 e. The number of aromatic nitrogens is 2. The van der Waals surface area contributed by atoms with Crippen LogP contribution in [0, 0.1) is 0 Å². The average molecular weight is 345 g/mol. The lowest BCUT2D eigenvalue weighted by Crippen LogP contribution is -2.14. The van der Waals surface area contributed by atoms with Gasteiger partial charge in [0.1, 0.15) is 0 Å². The number of nitrogens with one attached hydrogen (secondary N) is 1. The summed E-state index contributed by atoms with van der Waals surface area (Å²) < 4.78 is 15.7. The molecule has 0 atom stereocenters. The molecule has 0 saturated carbocycles. The van der Waals surface area contributed by atoms with E-state index in [1.165, 1.54) is 11.3 Å². The number of ether oxygens (including phenoxy) is 2. The average Bonchev–Trinajstić information content (AvgIpc) is 3.25. The van der Waals surface area contributed by atoms with Gasteiger partial charge in [-0.2, -0.15) is 0 Å². The van der Waals surface area contributed by atoms with Gasteiger partial charge in [-0.25, -0.2) is 0 Å². The lowest BCUT2D eigenvalue weighted by Gasteiger charge is -2.09. The van der Waals surface area contributed by atoms with E-state index < -0.39 is 0 Å². The molecule has 1 aromatic carbocycles. The number of rotatable bonds is 6. The van der Waals surface area contributed by atoms with E-state index in [9.17, 15) is 4.79 Å². The lowest BCUT2D eigenvalue weighted by molar-refractivity contribution is -0.115. The molecule has 0 saturated heterocycles. The second kappa shape index (κ2) is 7.14. The van der Waals surface area contributed by atoms with Crippen LogP contribution in [-0.2, 0) is 11.2 Å². The quantitative estimate of drug-likeness (QED) is 0.739. The van der Waals surface area contributed by atoms with Crippen LogP contribution < -0.4 is 14.8 Å². The summed E-state index contributed by atoms with van der Waals surface area (Å²) in [7, 11) is 3.12. The van der Waals surface area contributed by atoms with Crippen molar-refractivity contribution in [2.75, 3.05) is 19.5 Å². The van der Waals surface area contributed by atoms with Crippen LogP contribution in [0.25, 0.3) is 10.8 Å². The highest BCUT2D eigenvalue weighted by molar-refractivity contribution is 7.18. The van der Waals surface area contributed by atoms with Crippen molar-refractivity contribution < 1.29 is 18.7 Å². The van der Waals surface area contributed by atoms with Crippen LogP contribution in [0.2, 0.25) is 0 Å². The first-order valence-electron chi connectivity index (χ1n) is 7.07. The Balaban J connectivity index is 1.65. The van der Waals surface area contributed by atoms with E-state index in [1.807, 2.05) is 6.07 Å². The van der Waals surface area contributed by atoms with Gasteiger partial charge in [-0.1, -0.05) is 17.4 Å². The molecule has 0 aliphatic heterocycles. The molecule has 0 spiro atoms. The first-order valence-corrected chi connectivity index (χ1v) is 7.89. The van der Waals surface area contributed by atoms with Gasteiger partial charge in [-0.15, -0.1) is 10.2 Å². The topological polar surface area (TPSA) is 86.5 Å². The largest absolute Gasteiger partial charge is 0.493 e. The Kier molecular flexibility index (Phi) is 4.76. The highest BCUT2D eigenvalue weighted by Crippen LogP contribution is 2.28. The van der Waals surface area contributed by atoms with Crippen LogP contribution in [-0.4, -0.2) is 30.3 Å². The summed E-state index contributed by atoms with van der Waals surface area (Å²) in [6.07, 6.45) is 1.75. The smallest absolute Gasteiger partial charge is 0.230 e. The number of methoxy groups -OCH3 is 2. The SMILES string of the molecule is COc1ccc(CC(=O)Nc2nnc(-c3ccco3)s2)cc1OC. The number of benzene rings is 1. The zero-order valence-electron chi connectivity index (χ0n) is 13.1. The fourth-order valence-electron chi connectivity index (χ4n) is 2.11. The molecular formula is C16H15N3O4S. The van der Waals surface area contributed by atoms with Gasteiger partial charge in [0, 0.05) is 0 Å². The number of hydrogen-bond donors (Lipinski definition) is 1. The Morgan fingerprint density at radius 3 is 2.75 bits per heavy atom. The van der Waals surface area contributed by atoms with Crippen molar-refractivity contribution in [2.24, 2.45) is 0 Å². The number of carbonyl (C=O) groups excluding carboxylic acids is 1. The van der Waals surface area contributed by atoms with Crippen molar-refractivity contribution in [3.05, 3.63) is 42.2 Å². The molecule has 8 heteroatoms. The number of nitrogens with zero attached hydrogens (tertiary/aromatic N) is 2. The number of carbonyl (C=O) groups is 1. The lowest BCUT2D eigenvalue weighted by atomic mass is 10.1. The maximum absolute atomic E-state index is 12.2. The van der Waals surface area contributed by atoms with E-state index in [2.05, 4.69) is 15.5 Å². The van der Waals surface area contributed by atoms with E-state index >= 15 is 0 Å².